The highest BCUT2D eigenvalue weighted by Crippen LogP contribution is 2.30. The van der Waals surface area contributed by atoms with E-state index in [0.717, 1.165) is 12.3 Å². The summed E-state index contributed by atoms with van der Waals surface area (Å²) in [5.74, 6) is 0.735. The molecular weight excluding hydrogens is 216 g/mol. The summed E-state index contributed by atoms with van der Waals surface area (Å²) in [6.45, 7) is 13.9. The zero-order valence-electron chi connectivity index (χ0n) is 13.1. The molecule has 0 radical (unpaired) electrons. The average Bonchev–Trinajstić information content (AvgIpc) is 2.27. The smallest absolute Gasteiger partial charge is 0.0103 e. The molecule has 0 bridgehead atoms. The van der Waals surface area contributed by atoms with Crippen LogP contribution in [-0.2, 0) is 18.3 Å². The molecule has 0 fully saturated rings. The van der Waals surface area contributed by atoms with Crippen molar-refractivity contribution >= 4 is 0 Å². The third-order valence-corrected chi connectivity index (χ3v) is 3.76. The van der Waals surface area contributed by atoms with E-state index in [1.807, 2.05) is 0 Å². The molecule has 0 saturated carbocycles. The van der Waals surface area contributed by atoms with Crippen molar-refractivity contribution in [1.29, 1.82) is 0 Å². The Bertz CT molecular complexity index is 372. The summed E-state index contributed by atoms with van der Waals surface area (Å²) < 4.78 is 0. The molecule has 0 heteroatoms. The fourth-order valence-electron chi connectivity index (χ4n) is 2.72. The summed E-state index contributed by atoms with van der Waals surface area (Å²) >= 11 is 0. The van der Waals surface area contributed by atoms with Crippen LogP contribution < -0.4 is 0 Å². The van der Waals surface area contributed by atoms with Crippen molar-refractivity contribution in [2.45, 2.75) is 72.6 Å². The van der Waals surface area contributed by atoms with Crippen LogP contribution in [0.5, 0.6) is 0 Å². The first-order valence-electron chi connectivity index (χ1n) is 7.52. The molecule has 1 aromatic rings. The van der Waals surface area contributed by atoms with E-state index in [4.69, 9.17) is 0 Å². The van der Waals surface area contributed by atoms with Crippen LogP contribution in [0, 0.1) is 5.92 Å². The highest BCUT2D eigenvalue weighted by molar-refractivity contribution is 5.34. The van der Waals surface area contributed by atoms with Crippen LogP contribution in [0.3, 0.4) is 0 Å². The molecule has 0 spiro atoms. The topological polar surface area (TPSA) is 0 Å². The van der Waals surface area contributed by atoms with Gasteiger partial charge in [-0.25, -0.2) is 0 Å². The zero-order chi connectivity index (χ0) is 13.8. The quantitative estimate of drug-likeness (QED) is 0.619. The lowest BCUT2D eigenvalue weighted by Crippen LogP contribution is -2.17. The van der Waals surface area contributed by atoms with Crippen LogP contribution in [-0.4, -0.2) is 0 Å². The first-order valence-corrected chi connectivity index (χ1v) is 7.52. The molecule has 0 amide bonds. The second-order valence-corrected chi connectivity index (χ2v) is 6.62. The van der Waals surface area contributed by atoms with Crippen molar-refractivity contribution in [2.75, 3.05) is 0 Å². The summed E-state index contributed by atoms with van der Waals surface area (Å²) in [5.41, 5.74) is 4.85. The first kappa shape index (κ1) is 15.3. The summed E-state index contributed by atoms with van der Waals surface area (Å²) in [7, 11) is 0. The summed E-state index contributed by atoms with van der Waals surface area (Å²) in [5, 5.41) is 0. The molecule has 0 atom stereocenters. The molecule has 102 valence electrons. The van der Waals surface area contributed by atoms with Crippen molar-refractivity contribution in [3.05, 3.63) is 34.9 Å². The van der Waals surface area contributed by atoms with Gasteiger partial charge in [0.15, 0.2) is 0 Å². The van der Waals surface area contributed by atoms with Gasteiger partial charge in [-0.05, 0) is 47.3 Å². The Balaban J connectivity index is 3.11. The van der Waals surface area contributed by atoms with E-state index in [1.54, 1.807) is 0 Å². The highest BCUT2D eigenvalue weighted by atomic mass is 14.2. The van der Waals surface area contributed by atoms with Crippen LogP contribution in [0.1, 0.15) is 71.1 Å². The predicted molar refractivity (Wildman–Crippen MR) is 82.3 cm³/mol. The molecule has 18 heavy (non-hydrogen) atoms. The third-order valence-electron chi connectivity index (χ3n) is 3.76. The van der Waals surface area contributed by atoms with Gasteiger partial charge in [0.05, 0.1) is 0 Å². The van der Waals surface area contributed by atoms with Gasteiger partial charge in [-0.2, -0.15) is 0 Å². The van der Waals surface area contributed by atoms with E-state index in [0.29, 0.717) is 5.41 Å². The minimum absolute atomic E-state index is 0.311. The fourth-order valence-corrected chi connectivity index (χ4v) is 2.72. The van der Waals surface area contributed by atoms with Gasteiger partial charge >= 0.3 is 0 Å². The maximum Gasteiger partial charge on any atom is -0.0103 e. The van der Waals surface area contributed by atoms with E-state index < -0.39 is 0 Å². The van der Waals surface area contributed by atoms with E-state index in [-0.39, 0.29) is 0 Å². The van der Waals surface area contributed by atoms with E-state index in [9.17, 15) is 0 Å². The SMILES string of the molecule is CCCC(C)(C)c1cc(CC)cc(CC(C)C)c1. The minimum atomic E-state index is 0.311. The molecule has 0 aliphatic rings. The molecule has 0 aliphatic heterocycles. The molecule has 0 heterocycles. The summed E-state index contributed by atoms with van der Waals surface area (Å²) in [6, 6.07) is 7.25. The second kappa shape index (κ2) is 6.41. The van der Waals surface area contributed by atoms with Gasteiger partial charge < -0.3 is 0 Å². The molecule has 0 saturated heterocycles. The number of aryl methyl sites for hydroxylation is 1. The molecule has 0 N–H and O–H groups in total. The lowest BCUT2D eigenvalue weighted by atomic mass is 9.79. The van der Waals surface area contributed by atoms with Gasteiger partial charge in [-0.1, -0.05) is 66.2 Å². The van der Waals surface area contributed by atoms with E-state index in [1.165, 1.54) is 36.0 Å². The van der Waals surface area contributed by atoms with Gasteiger partial charge in [0.25, 0.3) is 0 Å². The van der Waals surface area contributed by atoms with Crippen molar-refractivity contribution in [2.24, 2.45) is 5.92 Å². The normalized spacial score (nSPS) is 12.2. The van der Waals surface area contributed by atoms with Crippen LogP contribution in [0.25, 0.3) is 0 Å². The van der Waals surface area contributed by atoms with Crippen molar-refractivity contribution in [1.82, 2.24) is 0 Å². The number of hydrogen-bond donors (Lipinski definition) is 0. The minimum Gasteiger partial charge on any atom is -0.0654 e. The van der Waals surface area contributed by atoms with Crippen LogP contribution in [0.15, 0.2) is 18.2 Å². The van der Waals surface area contributed by atoms with Crippen molar-refractivity contribution in [3.8, 4) is 0 Å². The van der Waals surface area contributed by atoms with Gasteiger partial charge in [0.1, 0.15) is 0 Å². The molecule has 0 unspecified atom stereocenters. The highest BCUT2D eigenvalue weighted by Gasteiger charge is 2.20. The Morgan fingerprint density at radius 1 is 1.00 bits per heavy atom. The molecule has 1 rings (SSSR count). The number of rotatable bonds is 6. The Hall–Kier alpha value is -0.780. The zero-order valence-corrected chi connectivity index (χ0v) is 13.1. The maximum absolute atomic E-state index is 2.44. The van der Waals surface area contributed by atoms with Crippen LogP contribution >= 0.6 is 0 Å². The van der Waals surface area contributed by atoms with Crippen molar-refractivity contribution in [3.63, 3.8) is 0 Å². The predicted octanol–water partition coefficient (Wildman–Crippen LogP) is 5.53. The molecule has 1 aromatic carbocycles. The number of hydrogen-bond acceptors (Lipinski definition) is 0. The largest absolute Gasteiger partial charge is 0.0654 e. The molecule has 0 nitrogen and oxygen atoms in total. The van der Waals surface area contributed by atoms with Crippen LogP contribution in [0.2, 0.25) is 0 Å². The van der Waals surface area contributed by atoms with Crippen molar-refractivity contribution < 1.29 is 0 Å². The second-order valence-electron chi connectivity index (χ2n) is 6.62. The molecule has 0 aliphatic carbocycles. The summed E-state index contributed by atoms with van der Waals surface area (Å²) in [4.78, 5) is 0. The molecular formula is C18H30. The van der Waals surface area contributed by atoms with Gasteiger partial charge in [-0.15, -0.1) is 0 Å². The Kier molecular flexibility index (Phi) is 5.44. The Morgan fingerprint density at radius 3 is 2.11 bits per heavy atom. The fraction of sp³-hybridized carbons (Fsp3) is 0.667. The lowest BCUT2D eigenvalue weighted by molar-refractivity contribution is 0.472. The Labute approximate surface area is 114 Å². The van der Waals surface area contributed by atoms with Crippen LogP contribution in [0.4, 0.5) is 0 Å². The number of benzene rings is 1. The third kappa shape index (κ3) is 4.15. The van der Waals surface area contributed by atoms with Gasteiger partial charge in [-0.3, -0.25) is 0 Å². The van der Waals surface area contributed by atoms with Gasteiger partial charge in [0, 0.05) is 0 Å². The maximum atomic E-state index is 2.44. The monoisotopic (exact) mass is 246 g/mol. The van der Waals surface area contributed by atoms with Gasteiger partial charge in [0.2, 0.25) is 0 Å². The standard InChI is InChI=1S/C18H30/c1-7-9-18(5,6)17-12-15(8-2)11-16(13-17)10-14(3)4/h11-14H,7-10H2,1-6H3. The van der Waals surface area contributed by atoms with E-state index in [2.05, 4.69) is 59.7 Å². The average molecular weight is 246 g/mol. The summed E-state index contributed by atoms with van der Waals surface area (Å²) in [6.07, 6.45) is 4.86. The lowest BCUT2D eigenvalue weighted by Gasteiger charge is -2.26. The first-order chi connectivity index (χ1) is 8.39. The Morgan fingerprint density at radius 2 is 1.61 bits per heavy atom. The van der Waals surface area contributed by atoms with E-state index >= 15 is 0 Å². The molecule has 0 aromatic heterocycles.